The van der Waals surface area contributed by atoms with Gasteiger partial charge in [-0.25, -0.2) is 14.5 Å². The summed E-state index contributed by atoms with van der Waals surface area (Å²) in [6.07, 6.45) is 6.07. The fourth-order valence-corrected chi connectivity index (χ4v) is 4.05. The number of carbonyl (C=O) groups is 2. The molecule has 1 aromatic carbocycles. The van der Waals surface area contributed by atoms with Gasteiger partial charge in [0.2, 0.25) is 5.78 Å². The molecule has 1 N–H and O–H groups in total. The third kappa shape index (κ3) is 4.14. The van der Waals surface area contributed by atoms with Crippen molar-refractivity contribution in [3.8, 4) is 0 Å². The third-order valence-electron chi connectivity index (χ3n) is 6.18. The van der Waals surface area contributed by atoms with E-state index in [9.17, 15) is 9.59 Å². The van der Waals surface area contributed by atoms with E-state index in [1.165, 1.54) is 6.33 Å². The second-order valence-electron chi connectivity index (χ2n) is 8.79. The molecule has 1 saturated carbocycles. The van der Waals surface area contributed by atoms with Crippen LogP contribution in [0.2, 0.25) is 0 Å². The van der Waals surface area contributed by atoms with E-state index in [1.54, 1.807) is 16.8 Å². The van der Waals surface area contributed by atoms with Gasteiger partial charge < -0.3 is 5.32 Å². The van der Waals surface area contributed by atoms with Crippen LogP contribution in [0.25, 0.3) is 5.52 Å². The van der Waals surface area contributed by atoms with Crippen LogP contribution in [0.15, 0.2) is 48.9 Å². The van der Waals surface area contributed by atoms with E-state index in [4.69, 9.17) is 0 Å². The molecule has 1 fully saturated rings. The quantitative estimate of drug-likeness (QED) is 0.407. The molecule has 3 heterocycles. The number of fused-ring (bicyclic) bond motifs is 1. The highest BCUT2D eigenvalue weighted by Crippen LogP contribution is 2.34. The van der Waals surface area contributed by atoms with Crippen LogP contribution in [0, 0.1) is 26.7 Å². The van der Waals surface area contributed by atoms with Gasteiger partial charge in [0.25, 0.3) is 0 Å². The highest BCUT2D eigenvalue weighted by Gasteiger charge is 2.25. The third-order valence-corrected chi connectivity index (χ3v) is 6.18. The molecule has 4 aromatic rings. The summed E-state index contributed by atoms with van der Waals surface area (Å²) in [5, 5.41) is 7.68. The summed E-state index contributed by atoms with van der Waals surface area (Å²) in [4.78, 5) is 34.6. The van der Waals surface area contributed by atoms with E-state index in [-0.39, 0.29) is 11.6 Å². The van der Waals surface area contributed by atoms with Crippen LogP contribution in [-0.2, 0) is 0 Å². The first kappa shape index (κ1) is 21.0. The summed E-state index contributed by atoms with van der Waals surface area (Å²) in [6.45, 7) is 5.73. The summed E-state index contributed by atoms with van der Waals surface area (Å²) in [5.41, 5.74) is 5.71. The van der Waals surface area contributed by atoms with Gasteiger partial charge in [-0.05, 0) is 68.9 Å². The van der Waals surface area contributed by atoms with Crippen LogP contribution < -0.4 is 5.32 Å². The zero-order valence-electron chi connectivity index (χ0n) is 18.9. The standard InChI is InChI=1S/C26H25N5O2/c1-15-7-10-19(23(32)11-18-8-9-18)12-22(15)30-26-24-17(3)20(13-31(24)28-14-27-26)25(33)21-6-4-5-16(2)29-21/h4-7,10,12-14,18H,8-9,11H2,1-3H3,(H,27,28,30). The minimum absolute atomic E-state index is 0.156. The number of hydrogen-bond donors (Lipinski definition) is 1. The molecule has 0 saturated heterocycles. The van der Waals surface area contributed by atoms with E-state index in [0.717, 1.165) is 35.3 Å². The van der Waals surface area contributed by atoms with Crippen molar-refractivity contribution in [2.75, 3.05) is 5.32 Å². The summed E-state index contributed by atoms with van der Waals surface area (Å²) in [7, 11) is 0. The summed E-state index contributed by atoms with van der Waals surface area (Å²) in [6, 6.07) is 11.1. The van der Waals surface area contributed by atoms with Crippen molar-refractivity contribution >= 4 is 28.6 Å². The number of rotatable bonds is 7. The Morgan fingerprint density at radius 3 is 2.70 bits per heavy atom. The van der Waals surface area contributed by atoms with Crippen molar-refractivity contribution in [1.82, 2.24) is 19.6 Å². The van der Waals surface area contributed by atoms with Gasteiger partial charge in [-0.1, -0.05) is 18.2 Å². The van der Waals surface area contributed by atoms with E-state index in [2.05, 4.69) is 20.4 Å². The maximum Gasteiger partial charge on any atom is 0.213 e. The van der Waals surface area contributed by atoms with Crippen molar-refractivity contribution in [2.45, 2.75) is 40.0 Å². The molecule has 33 heavy (non-hydrogen) atoms. The van der Waals surface area contributed by atoms with E-state index in [0.29, 0.717) is 40.5 Å². The predicted molar refractivity (Wildman–Crippen MR) is 126 cm³/mol. The van der Waals surface area contributed by atoms with Crippen LogP contribution >= 0.6 is 0 Å². The molecular weight excluding hydrogens is 414 g/mol. The lowest BCUT2D eigenvalue weighted by molar-refractivity contribution is 0.0975. The molecule has 166 valence electrons. The number of Topliss-reactive ketones (excluding diaryl/α,β-unsaturated/α-hetero) is 1. The van der Waals surface area contributed by atoms with Crippen LogP contribution in [0.5, 0.6) is 0 Å². The van der Waals surface area contributed by atoms with Crippen molar-refractivity contribution < 1.29 is 9.59 Å². The zero-order chi connectivity index (χ0) is 23.1. The molecule has 0 atom stereocenters. The summed E-state index contributed by atoms with van der Waals surface area (Å²) < 4.78 is 1.66. The first-order chi connectivity index (χ1) is 15.9. The fourth-order valence-electron chi connectivity index (χ4n) is 4.05. The number of aromatic nitrogens is 4. The average molecular weight is 440 g/mol. The molecule has 1 aliphatic carbocycles. The Hall–Kier alpha value is -3.87. The van der Waals surface area contributed by atoms with Crippen LogP contribution in [0.4, 0.5) is 11.5 Å². The Bertz CT molecular complexity index is 1400. The minimum atomic E-state index is -0.156. The van der Waals surface area contributed by atoms with Crippen molar-refractivity contribution in [3.05, 3.63) is 82.6 Å². The lowest BCUT2D eigenvalue weighted by atomic mass is 10.0. The molecule has 7 nitrogen and oxygen atoms in total. The minimum Gasteiger partial charge on any atom is -0.338 e. The Morgan fingerprint density at radius 1 is 1.12 bits per heavy atom. The second kappa shape index (κ2) is 8.24. The normalized spacial score (nSPS) is 13.3. The molecule has 5 rings (SSSR count). The zero-order valence-corrected chi connectivity index (χ0v) is 18.9. The topological polar surface area (TPSA) is 89.3 Å². The van der Waals surface area contributed by atoms with Gasteiger partial charge in [0.15, 0.2) is 11.6 Å². The van der Waals surface area contributed by atoms with Crippen LogP contribution in [0.3, 0.4) is 0 Å². The van der Waals surface area contributed by atoms with Gasteiger partial charge in [-0.3, -0.25) is 9.59 Å². The lowest BCUT2D eigenvalue weighted by Gasteiger charge is -2.12. The highest BCUT2D eigenvalue weighted by atomic mass is 16.1. The number of benzene rings is 1. The molecular formula is C26H25N5O2. The summed E-state index contributed by atoms with van der Waals surface area (Å²) >= 11 is 0. The van der Waals surface area contributed by atoms with Gasteiger partial charge in [-0.15, -0.1) is 0 Å². The number of hydrogen-bond acceptors (Lipinski definition) is 6. The molecule has 1 aliphatic rings. The molecule has 0 spiro atoms. The number of ketones is 2. The van der Waals surface area contributed by atoms with E-state index in [1.807, 2.05) is 51.1 Å². The monoisotopic (exact) mass is 439 g/mol. The molecule has 7 heteroatoms. The Balaban J connectivity index is 1.51. The number of aryl methyl sites for hydroxylation is 3. The maximum absolute atomic E-state index is 13.1. The Labute approximate surface area is 191 Å². The largest absolute Gasteiger partial charge is 0.338 e. The fraction of sp³-hybridized carbons (Fsp3) is 0.269. The predicted octanol–water partition coefficient (Wildman–Crippen LogP) is 5.01. The molecule has 0 amide bonds. The first-order valence-electron chi connectivity index (χ1n) is 11.1. The number of nitrogens with one attached hydrogen (secondary N) is 1. The lowest BCUT2D eigenvalue weighted by Crippen LogP contribution is -2.05. The first-order valence-corrected chi connectivity index (χ1v) is 11.1. The molecule has 0 aliphatic heterocycles. The second-order valence-corrected chi connectivity index (χ2v) is 8.79. The Kier molecular flexibility index (Phi) is 5.24. The number of pyridine rings is 1. The maximum atomic E-state index is 13.1. The highest BCUT2D eigenvalue weighted by molar-refractivity contribution is 6.10. The van der Waals surface area contributed by atoms with Crippen molar-refractivity contribution in [3.63, 3.8) is 0 Å². The van der Waals surface area contributed by atoms with Gasteiger partial charge in [-0.2, -0.15) is 5.10 Å². The van der Waals surface area contributed by atoms with Gasteiger partial charge in [0.1, 0.15) is 17.5 Å². The van der Waals surface area contributed by atoms with Crippen molar-refractivity contribution in [1.29, 1.82) is 0 Å². The van der Waals surface area contributed by atoms with Crippen LogP contribution in [0.1, 0.15) is 62.5 Å². The smallest absolute Gasteiger partial charge is 0.213 e. The van der Waals surface area contributed by atoms with E-state index >= 15 is 0 Å². The summed E-state index contributed by atoms with van der Waals surface area (Å²) in [5.74, 6) is 1.13. The number of anilines is 2. The SMILES string of the molecule is Cc1cccc(C(=O)c2cn3ncnc(Nc4cc(C(=O)CC5CC5)ccc4C)c3c2C)n1. The van der Waals surface area contributed by atoms with E-state index < -0.39 is 0 Å². The number of carbonyl (C=O) groups excluding carboxylic acids is 2. The molecule has 0 radical (unpaired) electrons. The van der Waals surface area contributed by atoms with Gasteiger partial charge >= 0.3 is 0 Å². The van der Waals surface area contributed by atoms with Crippen LogP contribution in [-0.4, -0.2) is 31.1 Å². The average Bonchev–Trinajstić information content (AvgIpc) is 3.55. The number of nitrogens with zero attached hydrogens (tertiary/aromatic N) is 4. The van der Waals surface area contributed by atoms with Gasteiger partial charge in [0.05, 0.1) is 0 Å². The Morgan fingerprint density at radius 2 is 1.94 bits per heavy atom. The van der Waals surface area contributed by atoms with Gasteiger partial charge in [0, 0.05) is 35.1 Å². The van der Waals surface area contributed by atoms with Crippen molar-refractivity contribution in [2.24, 2.45) is 5.92 Å². The molecule has 0 unspecified atom stereocenters. The molecule has 3 aromatic heterocycles. The molecule has 0 bridgehead atoms.